The highest BCUT2D eigenvalue weighted by Crippen LogP contribution is 2.52. The normalized spacial score (nSPS) is 22.4. The molecule has 0 amide bonds. The number of para-hydroxylation sites is 2. The van der Waals surface area contributed by atoms with Gasteiger partial charge in [0.15, 0.2) is 10.9 Å². The highest BCUT2D eigenvalue weighted by molar-refractivity contribution is 8.03. The van der Waals surface area contributed by atoms with Crippen LogP contribution in [-0.2, 0) is 19.3 Å². The Balaban J connectivity index is 1.92. The van der Waals surface area contributed by atoms with Gasteiger partial charge in [0, 0.05) is 4.91 Å². The maximum Gasteiger partial charge on any atom is 0.334 e. The summed E-state index contributed by atoms with van der Waals surface area (Å²) in [6, 6.07) is 7.67. The van der Waals surface area contributed by atoms with Crippen molar-refractivity contribution in [2.75, 3.05) is 19.4 Å². The van der Waals surface area contributed by atoms with Gasteiger partial charge in [-0.3, -0.25) is 9.13 Å². The molecule has 2 heterocycles. The van der Waals surface area contributed by atoms with E-state index in [0.717, 1.165) is 16.2 Å². The lowest BCUT2D eigenvalue weighted by Gasteiger charge is -2.22. The minimum Gasteiger partial charge on any atom is -0.366 e. The van der Waals surface area contributed by atoms with Gasteiger partial charge in [-0.25, -0.2) is 4.98 Å². The SMILES string of the molecule is CCOP(=O)(C/C=C1\Sc2nc3ccccc3n2[C@]1(C)O)OCC. The number of nitrogens with zero attached hydrogens (tertiary/aromatic N) is 2. The summed E-state index contributed by atoms with van der Waals surface area (Å²) in [5.41, 5.74) is 0.471. The summed E-state index contributed by atoms with van der Waals surface area (Å²) in [4.78, 5) is 5.23. The molecule has 0 aliphatic carbocycles. The second-order valence-electron chi connectivity index (χ2n) is 5.54. The molecule has 0 radical (unpaired) electrons. The molecule has 0 unspecified atom stereocenters. The Morgan fingerprint density at radius 3 is 2.67 bits per heavy atom. The van der Waals surface area contributed by atoms with Crippen molar-refractivity contribution in [1.82, 2.24) is 9.55 Å². The van der Waals surface area contributed by atoms with Crippen molar-refractivity contribution in [1.29, 1.82) is 0 Å². The van der Waals surface area contributed by atoms with E-state index >= 15 is 0 Å². The fraction of sp³-hybridized carbons (Fsp3) is 0.438. The Morgan fingerprint density at radius 1 is 1.33 bits per heavy atom. The second kappa shape index (κ2) is 6.65. The monoisotopic (exact) mass is 368 g/mol. The van der Waals surface area contributed by atoms with E-state index in [2.05, 4.69) is 4.98 Å². The summed E-state index contributed by atoms with van der Waals surface area (Å²) in [5.74, 6) is 0. The van der Waals surface area contributed by atoms with Crippen molar-refractivity contribution >= 4 is 30.4 Å². The molecule has 1 aromatic heterocycles. The zero-order valence-corrected chi connectivity index (χ0v) is 15.6. The minimum atomic E-state index is -3.18. The van der Waals surface area contributed by atoms with Gasteiger partial charge in [0.1, 0.15) is 0 Å². The number of aliphatic hydroxyl groups is 1. The third kappa shape index (κ3) is 3.07. The van der Waals surface area contributed by atoms with Crippen LogP contribution in [0.15, 0.2) is 40.4 Å². The van der Waals surface area contributed by atoms with Crippen molar-refractivity contribution in [2.45, 2.75) is 31.7 Å². The summed E-state index contributed by atoms with van der Waals surface area (Å²) in [7, 11) is -3.18. The average Bonchev–Trinajstić information content (AvgIpc) is 3.01. The summed E-state index contributed by atoms with van der Waals surface area (Å²) in [5, 5.41) is 11.7. The van der Waals surface area contributed by atoms with Crippen molar-refractivity contribution in [2.24, 2.45) is 0 Å². The van der Waals surface area contributed by atoms with Crippen LogP contribution in [0.25, 0.3) is 11.0 Å². The van der Waals surface area contributed by atoms with Gasteiger partial charge >= 0.3 is 7.60 Å². The molecule has 1 aliphatic heterocycles. The molecule has 130 valence electrons. The molecule has 2 aromatic rings. The molecule has 8 heteroatoms. The molecule has 6 nitrogen and oxygen atoms in total. The molecule has 0 saturated carbocycles. The van der Waals surface area contributed by atoms with Crippen molar-refractivity contribution < 1.29 is 18.7 Å². The van der Waals surface area contributed by atoms with Crippen molar-refractivity contribution in [3.8, 4) is 0 Å². The van der Waals surface area contributed by atoms with Gasteiger partial charge in [0.25, 0.3) is 0 Å². The van der Waals surface area contributed by atoms with Crippen molar-refractivity contribution in [3.05, 3.63) is 35.2 Å². The van der Waals surface area contributed by atoms with Crippen LogP contribution >= 0.6 is 19.4 Å². The highest BCUT2D eigenvalue weighted by Gasteiger charge is 2.40. The summed E-state index contributed by atoms with van der Waals surface area (Å²) >= 11 is 1.38. The Hall–Kier alpha value is -1.11. The predicted octanol–water partition coefficient (Wildman–Crippen LogP) is 3.96. The van der Waals surface area contributed by atoms with E-state index in [0.29, 0.717) is 18.1 Å². The van der Waals surface area contributed by atoms with Gasteiger partial charge in [-0.2, -0.15) is 0 Å². The first kappa shape index (κ1) is 17.7. The lowest BCUT2D eigenvalue weighted by Crippen LogP contribution is -2.27. The molecule has 0 fully saturated rings. The van der Waals surface area contributed by atoms with Crippen LogP contribution < -0.4 is 0 Å². The van der Waals surface area contributed by atoms with Crippen LogP contribution in [-0.4, -0.2) is 34.0 Å². The molecule has 24 heavy (non-hydrogen) atoms. The van der Waals surface area contributed by atoms with Crippen molar-refractivity contribution in [3.63, 3.8) is 0 Å². The lowest BCUT2D eigenvalue weighted by atomic mass is 10.2. The van der Waals surface area contributed by atoms with Gasteiger partial charge in [-0.15, -0.1) is 0 Å². The molecular weight excluding hydrogens is 347 g/mol. The molecule has 3 rings (SSSR count). The molecular formula is C16H21N2O4PS. The molecule has 0 spiro atoms. The maximum absolute atomic E-state index is 12.6. The first-order chi connectivity index (χ1) is 11.4. The van der Waals surface area contributed by atoms with E-state index in [1.165, 1.54) is 11.8 Å². The van der Waals surface area contributed by atoms with E-state index in [-0.39, 0.29) is 6.16 Å². The quantitative estimate of drug-likeness (QED) is 0.778. The molecule has 0 saturated heterocycles. The largest absolute Gasteiger partial charge is 0.366 e. The van der Waals surface area contributed by atoms with E-state index in [4.69, 9.17) is 9.05 Å². The lowest BCUT2D eigenvalue weighted by molar-refractivity contribution is 0.0309. The fourth-order valence-electron chi connectivity index (χ4n) is 2.76. The molecule has 1 atom stereocenters. The summed E-state index contributed by atoms with van der Waals surface area (Å²) in [6.07, 6.45) is 1.86. The fourth-order valence-corrected chi connectivity index (χ4v) is 5.53. The zero-order valence-electron chi connectivity index (χ0n) is 13.9. The number of hydrogen-bond donors (Lipinski definition) is 1. The topological polar surface area (TPSA) is 73.6 Å². The van der Waals surface area contributed by atoms with Gasteiger partial charge in [-0.1, -0.05) is 30.0 Å². The number of imidazole rings is 1. The third-order valence-electron chi connectivity index (χ3n) is 3.79. The highest BCUT2D eigenvalue weighted by atomic mass is 32.2. The van der Waals surface area contributed by atoms with E-state index in [9.17, 15) is 9.67 Å². The molecule has 1 aromatic carbocycles. The van der Waals surface area contributed by atoms with E-state index in [1.54, 1.807) is 31.4 Å². The molecule has 1 N–H and O–H groups in total. The van der Waals surface area contributed by atoms with Crippen LogP contribution in [0.2, 0.25) is 0 Å². The Kier molecular flexibility index (Phi) is 4.91. The first-order valence-electron chi connectivity index (χ1n) is 7.88. The standard InChI is InChI=1S/C16H21N2O4PS/c1-4-21-23(20,22-5-2)11-10-14-16(3,19)18-13-9-7-6-8-12(13)17-15(18)24-14/h6-10,19H,4-5,11H2,1-3H3/b14-10-/t16-/m1/s1. The Labute approximate surface area is 145 Å². The van der Waals surface area contributed by atoms with Gasteiger partial charge in [0.05, 0.1) is 30.4 Å². The number of aromatic nitrogens is 2. The summed E-state index contributed by atoms with van der Waals surface area (Å²) in [6.45, 7) is 5.90. The Morgan fingerprint density at radius 2 is 2.00 bits per heavy atom. The second-order valence-corrected chi connectivity index (χ2v) is 8.65. The number of fused-ring (bicyclic) bond motifs is 3. The number of rotatable bonds is 6. The van der Waals surface area contributed by atoms with Crippen LogP contribution in [0.4, 0.5) is 0 Å². The van der Waals surface area contributed by atoms with Crippen LogP contribution in [0.5, 0.6) is 0 Å². The smallest absolute Gasteiger partial charge is 0.334 e. The number of allylic oxidation sites excluding steroid dienone is 1. The minimum absolute atomic E-state index is 0.121. The van der Waals surface area contributed by atoms with Gasteiger partial charge in [0.2, 0.25) is 0 Å². The predicted molar refractivity (Wildman–Crippen MR) is 95.3 cm³/mol. The van der Waals surface area contributed by atoms with E-state index < -0.39 is 13.3 Å². The average molecular weight is 368 g/mol. The number of hydrogen-bond acceptors (Lipinski definition) is 6. The molecule has 1 aliphatic rings. The summed E-state index contributed by atoms with van der Waals surface area (Å²) < 4.78 is 25.0. The van der Waals surface area contributed by atoms with Crippen LogP contribution in [0, 0.1) is 0 Å². The third-order valence-corrected chi connectivity index (χ3v) is 6.95. The van der Waals surface area contributed by atoms with Crippen LogP contribution in [0.1, 0.15) is 20.8 Å². The first-order valence-corrected chi connectivity index (χ1v) is 10.4. The number of thioether (sulfide) groups is 1. The van der Waals surface area contributed by atoms with Gasteiger partial charge in [-0.05, 0) is 32.9 Å². The molecule has 0 bridgehead atoms. The Bertz CT molecular complexity index is 821. The van der Waals surface area contributed by atoms with E-state index in [1.807, 2.05) is 24.3 Å². The maximum atomic E-state index is 12.6. The number of benzene rings is 1. The zero-order chi connectivity index (χ0) is 17.4. The van der Waals surface area contributed by atoms with Gasteiger partial charge < -0.3 is 14.2 Å². The van der Waals surface area contributed by atoms with Crippen LogP contribution in [0.3, 0.4) is 0 Å².